The van der Waals surface area contributed by atoms with E-state index in [-0.39, 0.29) is 10.6 Å². The Labute approximate surface area is 81.7 Å². The normalized spacial score (nSPS) is 14.4. The summed E-state index contributed by atoms with van der Waals surface area (Å²) in [6.07, 6.45) is 1.94. The maximum atomic E-state index is 10.7. The summed E-state index contributed by atoms with van der Waals surface area (Å²) in [6, 6.07) is 3.39. The minimum absolute atomic E-state index is 0.144. The van der Waals surface area contributed by atoms with E-state index < -0.39 is 0 Å². The Morgan fingerprint density at radius 1 is 1.50 bits per heavy atom. The zero-order valence-corrected chi connectivity index (χ0v) is 7.95. The molecule has 1 aromatic carbocycles. The first-order chi connectivity index (χ1) is 6.68. The van der Waals surface area contributed by atoms with Gasteiger partial charge < -0.3 is 4.74 Å². The lowest BCUT2D eigenvalue weighted by atomic mass is 10.0. The van der Waals surface area contributed by atoms with Crippen LogP contribution in [0.4, 0.5) is 5.69 Å². The van der Waals surface area contributed by atoms with Crippen LogP contribution < -0.4 is 4.74 Å². The van der Waals surface area contributed by atoms with Crippen LogP contribution in [0.5, 0.6) is 5.75 Å². The third kappa shape index (κ3) is 1.43. The van der Waals surface area contributed by atoms with Gasteiger partial charge in [0.1, 0.15) is 5.75 Å². The largest absolute Gasteiger partial charge is 0.493 e. The van der Waals surface area contributed by atoms with Crippen molar-refractivity contribution in [3.63, 3.8) is 0 Å². The predicted octanol–water partition coefficient (Wildman–Crippen LogP) is 2.23. The second-order valence-electron chi connectivity index (χ2n) is 3.46. The van der Waals surface area contributed by atoms with Gasteiger partial charge in [0, 0.05) is 5.56 Å². The number of hydrogen-bond donors (Lipinski definition) is 0. The number of aryl methyl sites for hydroxylation is 2. The van der Waals surface area contributed by atoms with Crippen molar-refractivity contribution < 1.29 is 9.66 Å². The molecular weight excluding hydrogens is 182 g/mol. The molecule has 0 fully saturated rings. The zero-order valence-electron chi connectivity index (χ0n) is 7.95. The molecule has 0 saturated carbocycles. The molecule has 1 aromatic rings. The highest BCUT2D eigenvalue weighted by Gasteiger charge is 2.18. The lowest BCUT2D eigenvalue weighted by molar-refractivity contribution is -0.385. The molecule has 74 valence electrons. The van der Waals surface area contributed by atoms with E-state index in [0.29, 0.717) is 17.9 Å². The first kappa shape index (κ1) is 8.99. The molecule has 0 atom stereocenters. The van der Waals surface area contributed by atoms with Crippen molar-refractivity contribution in [1.29, 1.82) is 0 Å². The summed E-state index contributed by atoms with van der Waals surface area (Å²) in [4.78, 5) is 10.3. The molecule has 1 aliphatic heterocycles. The summed E-state index contributed by atoms with van der Waals surface area (Å²) in [5, 5.41) is 10.7. The van der Waals surface area contributed by atoms with Crippen molar-refractivity contribution in [3.05, 3.63) is 33.4 Å². The quantitative estimate of drug-likeness (QED) is 0.507. The predicted molar refractivity (Wildman–Crippen MR) is 51.6 cm³/mol. The van der Waals surface area contributed by atoms with Crippen LogP contribution in [-0.2, 0) is 6.42 Å². The van der Waals surface area contributed by atoms with E-state index >= 15 is 0 Å². The highest BCUT2D eigenvalue weighted by atomic mass is 16.6. The van der Waals surface area contributed by atoms with Crippen LogP contribution in [0.3, 0.4) is 0 Å². The van der Waals surface area contributed by atoms with Gasteiger partial charge in [-0.2, -0.15) is 0 Å². The van der Waals surface area contributed by atoms with Crippen molar-refractivity contribution in [3.8, 4) is 5.75 Å². The van der Waals surface area contributed by atoms with Gasteiger partial charge in [-0.1, -0.05) is 0 Å². The molecule has 14 heavy (non-hydrogen) atoms. The number of fused-ring (bicyclic) bond motifs is 1. The average Bonchev–Trinajstić information content (AvgIpc) is 2.16. The number of nitro groups is 1. The Hall–Kier alpha value is -1.58. The summed E-state index contributed by atoms with van der Waals surface area (Å²) in [5.41, 5.74) is 1.93. The Bertz CT molecular complexity index is 387. The van der Waals surface area contributed by atoms with Crippen molar-refractivity contribution in [1.82, 2.24) is 0 Å². The second kappa shape index (κ2) is 3.29. The molecule has 0 unspecified atom stereocenters. The van der Waals surface area contributed by atoms with Crippen molar-refractivity contribution in [2.24, 2.45) is 0 Å². The van der Waals surface area contributed by atoms with Crippen LogP contribution in [0.15, 0.2) is 12.1 Å². The van der Waals surface area contributed by atoms with E-state index in [9.17, 15) is 10.1 Å². The molecule has 1 aliphatic rings. The molecule has 0 radical (unpaired) electrons. The third-order valence-electron chi connectivity index (χ3n) is 2.42. The molecular formula is C10H11NO3. The van der Waals surface area contributed by atoms with E-state index in [0.717, 1.165) is 18.4 Å². The topological polar surface area (TPSA) is 52.4 Å². The smallest absolute Gasteiger partial charge is 0.276 e. The fourth-order valence-electron chi connectivity index (χ4n) is 1.71. The Morgan fingerprint density at radius 2 is 2.29 bits per heavy atom. The summed E-state index contributed by atoms with van der Waals surface area (Å²) < 4.78 is 5.36. The first-order valence-corrected chi connectivity index (χ1v) is 4.59. The number of nitrogens with zero attached hydrogens (tertiary/aromatic N) is 1. The summed E-state index contributed by atoms with van der Waals surface area (Å²) >= 11 is 0. The van der Waals surface area contributed by atoms with Gasteiger partial charge in [-0.05, 0) is 31.4 Å². The molecule has 2 rings (SSSR count). The molecule has 0 spiro atoms. The zero-order chi connectivity index (χ0) is 10.1. The lowest BCUT2D eigenvalue weighted by Crippen LogP contribution is -2.09. The molecule has 0 aromatic heterocycles. The van der Waals surface area contributed by atoms with E-state index in [2.05, 4.69) is 0 Å². The number of benzene rings is 1. The maximum absolute atomic E-state index is 10.7. The number of nitro benzene ring substituents is 1. The summed E-state index contributed by atoms with van der Waals surface area (Å²) in [5.74, 6) is 0.675. The number of hydrogen-bond acceptors (Lipinski definition) is 3. The minimum Gasteiger partial charge on any atom is -0.493 e. The lowest BCUT2D eigenvalue weighted by Gasteiger charge is -2.17. The SMILES string of the molecule is Cc1cc2c(cc1[N+](=O)[O-])OCCC2. The minimum atomic E-state index is -0.367. The van der Waals surface area contributed by atoms with E-state index in [1.807, 2.05) is 6.07 Å². The van der Waals surface area contributed by atoms with Crippen molar-refractivity contribution in [2.45, 2.75) is 19.8 Å². The Kier molecular flexibility index (Phi) is 2.11. The molecule has 0 saturated heterocycles. The van der Waals surface area contributed by atoms with Gasteiger partial charge in [0.25, 0.3) is 5.69 Å². The van der Waals surface area contributed by atoms with Crippen LogP contribution in [0.2, 0.25) is 0 Å². The van der Waals surface area contributed by atoms with Gasteiger partial charge in [-0.3, -0.25) is 10.1 Å². The molecule has 0 aliphatic carbocycles. The average molecular weight is 193 g/mol. The van der Waals surface area contributed by atoms with Gasteiger partial charge in [0.15, 0.2) is 0 Å². The van der Waals surface area contributed by atoms with E-state index in [1.165, 1.54) is 6.07 Å². The van der Waals surface area contributed by atoms with Crippen LogP contribution >= 0.6 is 0 Å². The van der Waals surface area contributed by atoms with Crippen LogP contribution in [0.25, 0.3) is 0 Å². The molecule has 1 heterocycles. The van der Waals surface area contributed by atoms with E-state index in [1.54, 1.807) is 6.92 Å². The van der Waals surface area contributed by atoms with Crippen LogP contribution in [0, 0.1) is 17.0 Å². The fourth-order valence-corrected chi connectivity index (χ4v) is 1.71. The van der Waals surface area contributed by atoms with Gasteiger partial charge in [0.2, 0.25) is 0 Å². The Balaban J connectivity index is 2.50. The van der Waals surface area contributed by atoms with Gasteiger partial charge in [-0.15, -0.1) is 0 Å². The molecule has 4 nitrogen and oxygen atoms in total. The first-order valence-electron chi connectivity index (χ1n) is 4.59. The van der Waals surface area contributed by atoms with Gasteiger partial charge in [-0.25, -0.2) is 0 Å². The molecule has 0 bridgehead atoms. The molecule has 4 heteroatoms. The van der Waals surface area contributed by atoms with E-state index in [4.69, 9.17) is 4.74 Å². The fraction of sp³-hybridized carbons (Fsp3) is 0.400. The highest BCUT2D eigenvalue weighted by Crippen LogP contribution is 2.31. The standard InChI is InChI=1S/C10H11NO3/c1-7-5-8-3-2-4-14-10(8)6-9(7)11(12)13/h5-6H,2-4H2,1H3. The van der Waals surface area contributed by atoms with Crippen molar-refractivity contribution >= 4 is 5.69 Å². The highest BCUT2D eigenvalue weighted by molar-refractivity contribution is 5.50. The summed E-state index contributed by atoms with van der Waals surface area (Å²) in [6.45, 7) is 2.42. The molecule has 0 N–H and O–H groups in total. The third-order valence-corrected chi connectivity index (χ3v) is 2.42. The Morgan fingerprint density at radius 3 is 3.00 bits per heavy atom. The number of rotatable bonds is 1. The van der Waals surface area contributed by atoms with Crippen LogP contribution in [0.1, 0.15) is 17.5 Å². The summed E-state index contributed by atoms with van der Waals surface area (Å²) in [7, 11) is 0. The monoisotopic (exact) mass is 193 g/mol. The maximum Gasteiger partial charge on any atom is 0.276 e. The van der Waals surface area contributed by atoms with Crippen LogP contribution in [-0.4, -0.2) is 11.5 Å². The van der Waals surface area contributed by atoms with Gasteiger partial charge in [0.05, 0.1) is 17.6 Å². The van der Waals surface area contributed by atoms with Crippen molar-refractivity contribution in [2.75, 3.05) is 6.61 Å². The molecule has 0 amide bonds. The van der Waals surface area contributed by atoms with Gasteiger partial charge >= 0.3 is 0 Å². The number of ether oxygens (including phenoxy) is 1. The second-order valence-corrected chi connectivity index (χ2v) is 3.46.